The van der Waals surface area contributed by atoms with Crippen molar-refractivity contribution >= 4 is 55.7 Å². The highest BCUT2D eigenvalue weighted by molar-refractivity contribution is 7.29. The highest BCUT2D eigenvalue weighted by Gasteiger charge is 2.56. The van der Waals surface area contributed by atoms with Crippen LogP contribution in [-0.4, -0.2) is 11.7 Å². The van der Waals surface area contributed by atoms with Gasteiger partial charge in [-0.1, -0.05) is 84.3 Å². The van der Waals surface area contributed by atoms with Gasteiger partial charge in [-0.25, -0.2) is 10.5 Å². The molecule has 0 bridgehead atoms. The van der Waals surface area contributed by atoms with Crippen LogP contribution in [0.2, 0.25) is 0 Å². The van der Waals surface area contributed by atoms with Crippen LogP contribution in [0.25, 0.3) is 29.2 Å². The third-order valence-electron chi connectivity index (χ3n) is 9.01. The lowest BCUT2D eigenvalue weighted by atomic mass is 9.61. The molecule has 7 rings (SSSR count). The van der Waals surface area contributed by atoms with Gasteiger partial charge in [0.1, 0.15) is 12.1 Å². The Hall–Kier alpha value is -3.60. The van der Waals surface area contributed by atoms with Crippen LogP contribution in [0.1, 0.15) is 86.5 Å². The molecule has 0 saturated heterocycles. The van der Waals surface area contributed by atoms with Crippen LogP contribution in [0, 0.1) is 35.8 Å². The molecule has 6 nitrogen and oxygen atoms in total. The van der Waals surface area contributed by atoms with Crippen molar-refractivity contribution in [3.63, 3.8) is 0 Å². The maximum Gasteiger partial charge on any atom is 0.350 e. The van der Waals surface area contributed by atoms with Crippen molar-refractivity contribution < 1.29 is 0 Å². The molecule has 0 amide bonds. The van der Waals surface area contributed by atoms with Gasteiger partial charge in [-0.05, 0) is 47.9 Å². The molecule has 4 aliphatic carbocycles. The monoisotopic (exact) mass is 562 g/mol. The van der Waals surface area contributed by atoms with Gasteiger partial charge in [0.05, 0.1) is 9.75 Å². The molecule has 0 aromatic carbocycles. The van der Waals surface area contributed by atoms with Crippen LogP contribution in [0.3, 0.4) is 0 Å². The third kappa shape index (κ3) is 3.31. The van der Waals surface area contributed by atoms with Gasteiger partial charge in [-0.3, -0.25) is 0 Å². The topological polar surface area (TPSA) is 81.0 Å². The van der Waals surface area contributed by atoms with E-state index in [9.17, 15) is 10.5 Å². The zero-order valence-electron chi connectivity index (χ0n) is 21.1. The second kappa shape index (κ2) is 8.97. The van der Waals surface area contributed by atoms with Crippen LogP contribution in [0.4, 0.5) is 10.0 Å². The lowest BCUT2D eigenvalue weighted by Crippen LogP contribution is -2.34. The molecule has 3 aromatic heterocycles. The van der Waals surface area contributed by atoms with E-state index in [4.69, 9.17) is 13.1 Å². The molecule has 9 heteroatoms. The van der Waals surface area contributed by atoms with Gasteiger partial charge in [0.25, 0.3) is 0 Å². The van der Waals surface area contributed by atoms with Gasteiger partial charge >= 0.3 is 11.7 Å². The molecular weight excluding hydrogens is 541 g/mol. The van der Waals surface area contributed by atoms with E-state index in [1.165, 1.54) is 69.2 Å². The molecule has 0 N–H and O–H groups in total. The summed E-state index contributed by atoms with van der Waals surface area (Å²) >= 11 is 5.14. The first-order valence-corrected chi connectivity index (χ1v) is 15.7. The molecule has 2 saturated carbocycles. The fourth-order valence-corrected chi connectivity index (χ4v) is 11.6. The summed E-state index contributed by atoms with van der Waals surface area (Å²) in [4.78, 5) is 20.6. The first-order chi connectivity index (χ1) is 19.1. The normalized spacial score (nSPS) is 19.9. The summed E-state index contributed by atoms with van der Waals surface area (Å²) in [6.07, 6.45) is 11.8. The third-order valence-corrected chi connectivity index (χ3v) is 12.6. The minimum atomic E-state index is -0.116. The minimum Gasteiger partial charge on any atom is -0.351 e. The fraction of sp³-hybridized carbons (Fsp3) is 0.400. The Balaban J connectivity index is 1.48. The van der Waals surface area contributed by atoms with Crippen LogP contribution >= 0.6 is 34.0 Å². The average Bonchev–Trinajstić information content (AvgIpc) is 3.76. The van der Waals surface area contributed by atoms with Gasteiger partial charge < -0.3 is 9.69 Å². The van der Waals surface area contributed by atoms with Crippen LogP contribution in [-0.2, 0) is 10.8 Å². The Bertz CT molecular complexity index is 1610. The van der Waals surface area contributed by atoms with Gasteiger partial charge in [-0.2, -0.15) is 0 Å². The standard InChI is InChI=1S/C30H22N6S3/c1-33-19(15-31)35-21-13-17-25(37-21)27-23(29(17)9-5-3-6-10-29)24-28(39-27)26-18(30(24)11-7-4-8-12-30)14-22(38-26)36-20(16-32)34-2/h13-14H,3-12H2. The lowest BCUT2D eigenvalue weighted by molar-refractivity contribution is 0.326. The largest absolute Gasteiger partial charge is 0.351 e. The Morgan fingerprint density at radius 3 is 1.44 bits per heavy atom. The Labute approximate surface area is 239 Å². The summed E-state index contributed by atoms with van der Waals surface area (Å²) in [5, 5.41) is 20.1. The SMILES string of the molecule is [C-]#[N+]C(C#N)=Nc1cc2c(s1)-c1sc3c(c1C21CCCCC1)C1(CCCCC1)c1cc(N=C(C#N)[N+]#[C-])sc1-3. The molecule has 0 unspecified atom stereocenters. The molecule has 3 aromatic rings. The Morgan fingerprint density at radius 2 is 1.08 bits per heavy atom. The predicted octanol–water partition coefficient (Wildman–Crippen LogP) is 9.28. The van der Waals surface area contributed by atoms with Crippen molar-refractivity contribution in [2.45, 2.75) is 75.0 Å². The quantitative estimate of drug-likeness (QED) is 0.177. The molecule has 3 heterocycles. The van der Waals surface area contributed by atoms with Gasteiger partial charge in [0.2, 0.25) is 10.0 Å². The summed E-state index contributed by atoms with van der Waals surface area (Å²) in [6, 6.07) is 8.18. The summed E-state index contributed by atoms with van der Waals surface area (Å²) < 4.78 is 0. The predicted molar refractivity (Wildman–Crippen MR) is 157 cm³/mol. The first kappa shape index (κ1) is 24.4. The number of hydrogen-bond acceptors (Lipinski definition) is 7. The van der Waals surface area contributed by atoms with Gasteiger partial charge in [0.15, 0.2) is 0 Å². The van der Waals surface area contributed by atoms with E-state index in [1.807, 2.05) is 23.5 Å². The number of aliphatic imine (C=N–C) groups is 2. The number of nitrogens with zero attached hydrogens (tertiary/aromatic N) is 6. The van der Waals surface area contributed by atoms with E-state index in [0.717, 1.165) is 35.7 Å². The van der Waals surface area contributed by atoms with E-state index in [0.29, 0.717) is 0 Å². The molecule has 190 valence electrons. The number of nitriles is 2. The van der Waals surface area contributed by atoms with E-state index < -0.39 is 0 Å². The van der Waals surface area contributed by atoms with E-state index in [2.05, 4.69) is 31.8 Å². The van der Waals surface area contributed by atoms with Crippen LogP contribution in [0.5, 0.6) is 0 Å². The number of rotatable bonds is 2. The molecule has 39 heavy (non-hydrogen) atoms. The maximum absolute atomic E-state index is 9.31. The Morgan fingerprint density at radius 1 is 0.667 bits per heavy atom. The van der Waals surface area contributed by atoms with Crippen molar-refractivity contribution in [1.29, 1.82) is 10.5 Å². The molecule has 2 fully saturated rings. The Kier molecular flexibility index (Phi) is 5.62. The summed E-state index contributed by atoms with van der Waals surface area (Å²) in [5.41, 5.74) is 5.77. The van der Waals surface area contributed by atoms with Crippen molar-refractivity contribution in [2.75, 3.05) is 0 Å². The second-order valence-electron chi connectivity index (χ2n) is 10.8. The minimum absolute atomic E-state index is 0.0279. The molecule has 0 atom stereocenters. The number of fused-ring (bicyclic) bond motifs is 11. The van der Waals surface area contributed by atoms with Gasteiger partial charge in [-0.15, -0.1) is 11.3 Å². The lowest BCUT2D eigenvalue weighted by Gasteiger charge is -2.41. The average molecular weight is 563 g/mol. The summed E-state index contributed by atoms with van der Waals surface area (Å²) in [6.45, 7) is 14.6. The highest BCUT2D eigenvalue weighted by Crippen LogP contribution is 2.71. The molecular formula is C30H22N6S3. The molecule has 0 aliphatic heterocycles. The van der Waals surface area contributed by atoms with Crippen molar-refractivity contribution in [1.82, 2.24) is 0 Å². The van der Waals surface area contributed by atoms with Crippen LogP contribution < -0.4 is 0 Å². The summed E-state index contributed by atoms with van der Waals surface area (Å²) in [5.74, 6) is -0.231. The molecule has 2 spiro atoms. The smallest absolute Gasteiger partial charge is 0.350 e. The zero-order valence-corrected chi connectivity index (χ0v) is 23.6. The zero-order chi connectivity index (χ0) is 26.8. The van der Waals surface area contributed by atoms with Crippen molar-refractivity contribution in [3.8, 4) is 31.6 Å². The number of thiophene rings is 3. The number of amidine groups is 2. The van der Waals surface area contributed by atoms with E-state index in [1.54, 1.807) is 33.8 Å². The van der Waals surface area contributed by atoms with Crippen molar-refractivity contribution in [3.05, 3.63) is 57.2 Å². The second-order valence-corrected chi connectivity index (χ2v) is 13.9. The van der Waals surface area contributed by atoms with Crippen molar-refractivity contribution in [2.24, 2.45) is 9.98 Å². The molecule has 0 radical (unpaired) electrons. The van der Waals surface area contributed by atoms with E-state index in [-0.39, 0.29) is 22.5 Å². The maximum atomic E-state index is 9.31. The van der Waals surface area contributed by atoms with E-state index >= 15 is 0 Å². The molecule has 4 aliphatic rings. The first-order valence-electron chi connectivity index (χ1n) is 13.3. The summed E-state index contributed by atoms with van der Waals surface area (Å²) in [7, 11) is 0. The fourth-order valence-electron chi connectivity index (χ4n) is 7.56. The van der Waals surface area contributed by atoms with Crippen LogP contribution in [0.15, 0.2) is 22.1 Å². The highest BCUT2D eigenvalue weighted by atomic mass is 32.1. The number of hydrogen-bond donors (Lipinski definition) is 0. The van der Waals surface area contributed by atoms with Gasteiger partial charge in [0, 0.05) is 32.7 Å².